The van der Waals surface area contributed by atoms with E-state index in [1.54, 1.807) is 30.3 Å². The lowest BCUT2D eigenvalue weighted by atomic mass is 9.84. The van der Waals surface area contributed by atoms with Crippen LogP contribution in [0, 0.1) is 20.8 Å². The van der Waals surface area contributed by atoms with Gasteiger partial charge in [-0.15, -0.1) is 0 Å². The molecular weight excluding hydrogens is 390 g/mol. The molecule has 3 rings (SSSR count). The largest absolute Gasteiger partial charge is 0.459 e. The highest BCUT2D eigenvalue weighted by molar-refractivity contribution is 6.03. The number of rotatable bonds is 5. The summed E-state index contributed by atoms with van der Waals surface area (Å²) in [6.07, 6.45) is 1.44. The minimum atomic E-state index is -0.438. The fraction of sp³-hybridized carbons (Fsp3) is 0.308. The minimum absolute atomic E-state index is 0.0586. The van der Waals surface area contributed by atoms with E-state index in [2.05, 4.69) is 38.2 Å². The molecule has 0 saturated heterocycles. The number of benzene rings is 2. The fourth-order valence-electron chi connectivity index (χ4n) is 3.35. The maximum atomic E-state index is 12.7. The Hall–Kier alpha value is -3.34. The molecule has 1 N–H and O–H groups in total. The molecule has 162 valence electrons. The normalized spacial score (nSPS) is 11.3. The number of carbonyl (C=O) groups is 2. The van der Waals surface area contributed by atoms with E-state index in [0.29, 0.717) is 11.3 Å². The standard InChI is InChI=1S/C26H29NO4/c1-16-9-10-19(14-22(16)27-24(28)23-8-7-11-30-23)25(29)31-15-21-17(2)12-20(13-18(21)3)26(4,5)6/h7-14H,15H2,1-6H3,(H,27,28). The Labute approximate surface area is 183 Å². The summed E-state index contributed by atoms with van der Waals surface area (Å²) >= 11 is 0. The summed E-state index contributed by atoms with van der Waals surface area (Å²) in [5, 5.41) is 2.78. The molecule has 0 unspecified atom stereocenters. The van der Waals surface area contributed by atoms with E-state index in [9.17, 15) is 9.59 Å². The molecule has 1 aromatic heterocycles. The van der Waals surface area contributed by atoms with Crippen LogP contribution in [-0.2, 0) is 16.8 Å². The molecular formula is C26H29NO4. The highest BCUT2D eigenvalue weighted by atomic mass is 16.5. The fourth-order valence-corrected chi connectivity index (χ4v) is 3.35. The summed E-state index contributed by atoms with van der Waals surface area (Å²) in [6, 6.07) is 12.6. The molecule has 0 atom stereocenters. The van der Waals surface area contributed by atoms with Gasteiger partial charge in [-0.05, 0) is 78.3 Å². The van der Waals surface area contributed by atoms with Crippen LogP contribution in [0.5, 0.6) is 0 Å². The Bertz CT molecular complexity index is 1080. The first kappa shape index (κ1) is 22.3. The number of furan rings is 1. The Morgan fingerprint density at radius 1 is 0.968 bits per heavy atom. The number of carbonyl (C=O) groups excluding carboxylic acids is 2. The van der Waals surface area contributed by atoms with Gasteiger partial charge in [0.25, 0.3) is 5.91 Å². The van der Waals surface area contributed by atoms with Crippen LogP contribution in [0.15, 0.2) is 53.1 Å². The highest BCUT2D eigenvalue weighted by Gasteiger charge is 2.18. The summed E-state index contributed by atoms with van der Waals surface area (Å²) in [4.78, 5) is 25.0. The topological polar surface area (TPSA) is 68.5 Å². The Morgan fingerprint density at radius 2 is 1.65 bits per heavy atom. The zero-order valence-corrected chi connectivity index (χ0v) is 19.0. The van der Waals surface area contributed by atoms with Gasteiger partial charge in [-0.2, -0.15) is 0 Å². The maximum absolute atomic E-state index is 12.7. The molecule has 3 aromatic rings. The molecule has 2 aromatic carbocycles. The SMILES string of the molecule is Cc1ccc(C(=O)OCc2c(C)cc(C(C)(C)C)cc2C)cc1NC(=O)c1ccco1. The molecule has 0 fully saturated rings. The van der Waals surface area contributed by atoms with Gasteiger partial charge in [0, 0.05) is 5.69 Å². The summed E-state index contributed by atoms with van der Waals surface area (Å²) < 4.78 is 10.7. The van der Waals surface area contributed by atoms with Crippen molar-refractivity contribution in [1.29, 1.82) is 0 Å². The Kier molecular flexibility index (Phi) is 6.34. The number of esters is 1. The third kappa shape index (κ3) is 5.23. The lowest BCUT2D eigenvalue weighted by Gasteiger charge is -2.22. The van der Waals surface area contributed by atoms with E-state index in [4.69, 9.17) is 9.15 Å². The average molecular weight is 420 g/mol. The molecule has 0 radical (unpaired) electrons. The van der Waals surface area contributed by atoms with Crippen LogP contribution in [0.4, 0.5) is 5.69 Å². The van der Waals surface area contributed by atoms with Gasteiger partial charge in [0.2, 0.25) is 0 Å². The maximum Gasteiger partial charge on any atom is 0.338 e. The molecule has 0 bridgehead atoms. The second-order valence-corrected chi connectivity index (χ2v) is 8.88. The van der Waals surface area contributed by atoms with Crippen LogP contribution < -0.4 is 5.32 Å². The lowest BCUT2D eigenvalue weighted by molar-refractivity contribution is 0.0471. The molecule has 5 heteroatoms. The number of amides is 1. The number of aryl methyl sites for hydroxylation is 3. The van der Waals surface area contributed by atoms with E-state index in [1.807, 2.05) is 20.8 Å². The molecule has 0 aliphatic carbocycles. The number of nitrogens with one attached hydrogen (secondary N) is 1. The number of hydrogen-bond acceptors (Lipinski definition) is 4. The van der Waals surface area contributed by atoms with Crippen molar-refractivity contribution in [1.82, 2.24) is 0 Å². The van der Waals surface area contributed by atoms with Gasteiger partial charge in [-0.3, -0.25) is 4.79 Å². The van der Waals surface area contributed by atoms with Gasteiger partial charge in [0.1, 0.15) is 6.61 Å². The summed E-state index contributed by atoms with van der Waals surface area (Å²) in [7, 11) is 0. The van der Waals surface area contributed by atoms with Crippen molar-refractivity contribution < 1.29 is 18.7 Å². The second-order valence-electron chi connectivity index (χ2n) is 8.88. The van der Waals surface area contributed by atoms with Crippen LogP contribution >= 0.6 is 0 Å². The van der Waals surface area contributed by atoms with E-state index in [-0.39, 0.29) is 23.7 Å². The molecule has 0 spiro atoms. The van der Waals surface area contributed by atoms with Gasteiger partial charge in [-0.1, -0.05) is 39.0 Å². The van der Waals surface area contributed by atoms with E-state index < -0.39 is 5.97 Å². The molecule has 0 aliphatic heterocycles. The van der Waals surface area contributed by atoms with Gasteiger partial charge < -0.3 is 14.5 Å². The smallest absolute Gasteiger partial charge is 0.338 e. The van der Waals surface area contributed by atoms with Crippen LogP contribution in [0.25, 0.3) is 0 Å². The van der Waals surface area contributed by atoms with E-state index in [1.165, 1.54) is 11.8 Å². The predicted octanol–water partition coefficient (Wildman–Crippen LogP) is 6.11. The van der Waals surface area contributed by atoms with Crippen molar-refractivity contribution in [2.24, 2.45) is 0 Å². The van der Waals surface area contributed by atoms with Gasteiger partial charge in [0.05, 0.1) is 11.8 Å². The molecule has 0 aliphatic rings. The Morgan fingerprint density at radius 3 is 2.23 bits per heavy atom. The summed E-state index contributed by atoms with van der Waals surface area (Å²) in [5.74, 6) is -0.604. The van der Waals surface area contributed by atoms with Gasteiger partial charge >= 0.3 is 5.97 Å². The summed E-state index contributed by atoms with van der Waals surface area (Å²) in [6.45, 7) is 12.7. The second kappa shape index (κ2) is 8.80. The van der Waals surface area contributed by atoms with Crippen molar-refractivity contribution in [2.45, 2.75) is 53.6 Å². The van der Waals surface area contributed by atoms with Gasteiger partial charge in [0.15, 0.2) is 5.76 Å². The van der Waals surface area contributed by atoms with Crippen molar-refractivity contribution >= 4 is 17.6 Å². The van der Waals surface area contributed by atoms with E-state index in [0.717, 1.165) is 22.3 Å². The minimum Gasteiger partial charge on any atom is -0.459 e. The molecule has 31 heavy (non-hydrogen) atoms. The first-order chi connectivity index (χ1) is 14.6. The zero-order valence-electron chi connectivity index (χ0n) is 19.0. The first-order valence-corrected chi connectivity index (χ1v) is 10.3. The lowest BCUT2D eigenvalue weighted by Crippen LogP contribution is -2.14. The van der Waals surface area contributed by atoms with E-state index >= 15 is 0 Å². The van der Waals surface area contributed by atoms with Crippen molar-refractivity contribution in [3.8, 4) is 0 Å². The Balaban J connectivity index is 1.73. The van der Waals surface area contributed by atoms with Crippen molar-refractivity contribution in [2.75, 3.05) is 5.32 Å². The van der Waals surface area contributed by atoms with Crippen LogP contribution in [0.3, 0.4) is 0 Å². The first-order valence-electron chi connectivity index (χ1n) is 10.3. The van der Waals surface area contributed by atoms with Crippen LogP contribution in [0.1, 0.15) is 69.5 Å². The predicted molar refractivity (Wildman–Crippen MR) is 122 cm³/mol. The monoisotopic (exact) mass is 419 g/mol. The highest BCUT2D eigenvalue weighted by Crippen LogP contribution is 2.27. The van der Waals surface area contributed by atoms with Crippen LogP contribution in [0.2, 0.25) is 0 Å². The molecule has 1 amide bonds. The molecule has 1 heterocycles. The third-order valence-corrected chi connectivity index (χ3v) is 5.38. The summed E-state index contributed by atoms with van der Waals surface area (Å²) in [5.41, 5.74) is 6.29. The third-order valence-electron chi connectivity index (χ3n) is 5.38. The zero-order chi connectivity index (χ0) is 22.8. The van der Waals surface area contributed by atoms with Gasteiger partial charge in [-0.25, -0.2) is 4.79 Å². The average Bonchev–Trinajstić information content (AvgIpc) is 3.23. The van der Waals surface area contributed by atoms with Crippen molar-refractivity contribution in [3.63, 3.8) is 0 Å². The molecule has 5 nitrogen and oxygen atoms in total. The number of hydrogen-bond donors (Lipinski definition) is 1. The molecule has 0 saturated carbocycles. The quantitative estimate of drug-likeness (QED) is 0.507. The number of ether oxygens (including phenoxy) is 1. The van der Waals surface area contributed by atoms with Crippen molar-refractivity contribution in [3.05, 3.63) is 87.9 Å². The number of anilines is 1. The van der Waals surface area contributed by atoms with Crippen LogP contribution in [-0.4, -0.2) is 11.9 Å².